The van der Waals surface area contributed by atoms with Crippen LogP contribution in [0.3, 0.4) is 0 Å². The normalized spacial score (nSPS) is 15.7. The molecule has 4 nitrogen and oxygen atoms in total. The number of nitrogen functional groups attached to an aromatic ring is 1. The number of halogens is 1. The van der Waals surface area contributed by atoms with Crippen LogP contribution in [-0.2, 0) is 0 Å². The molecule has 1 fully saturated rings. The van der Waals surface area contributed by atoms with Gasteiger partial charge < -0.3 is 20.3 Å². The van der Waals surface area contributed by atoms with Gasteiger partial charge in [0.1, 0.15) is 5.75 Å². The highest BCUT2D eigenvalue weighted by atomic mass is 35.5. The minimum absolute atomic E-state index is 0.579. The van der Waals surface area contributed by atoms with Gasteiger partial charge in [-0.3, -0.25) is 0 Å². The van der Waals surface area contributed by atoms with Crippen molar-refractivity contribution in [1.82, 2.24) is 4.90 Å². The molecule has 1 heterocycles. The number of hydrogen-bond acceptors (Lipinski definition) is 5. The van der Waals surface area contributed by atoms with Gasteiger partial charge in [0.25, 0.3) is 0 Å². The van der Waals surface area contributed by atoms with Crippen LogP contribution in [0.4, 0.5) is 11.4 Å². The molecular weight excluding hydrogens is 282 g/mol. The summed E-state index contributed by atoms with van der Waals surface area (Å²) in [6.45, 7) is 4.04. The van der Waals surface area contributed by atoms with Crippen LogP contribution >= 0.6 is 24.2 Å². The molecule has 108 valence electrons. The fraction of sp³-hybridized carbons (Fsp3) is 0.538. The monoisotopic (exact) mass is 303 g/mol. The van der Waals surface area contributed by atoms with E-state index in [-0.39, 0.29) is 0 Å². The summed E-state index contributed by atoms with van der Waals surface area (Å²) in [5, 5.41) is 0.688. The Morgan fingerprint density at radius 3 is 2.32 bits per heavy atom. The predicted octanol–water partition coefficient (Wildman–Crippen LogP) is 2.23. The number of ether oxygens (including phenoxy) is 1. The number of nitrogens with zero attached hydrogens (tertiary/aromatic N) is 2. The first-order valence-corrected chi connectivity index (χ1v) is 7.40. The number of nitrogens with two attached hydrogens (primary N) is 1. The van der Waals surface area contributed by atoms with Crippen molar-refractivity contribution in [2.75, 3.05) is 57.2 Å². The molecule has 0 spiro atoms. The van der Waals surface area contributed by atoms with Gasteiger partial charge in [-0.2, -0.15) is 12.6 Å². The molecule has 2 rings (SSSR count). The molecular formula is C13H22ClN3OS. The molecule has 6 heteroatoms. The lowest BCUT2D eigenvalue weighted by Gasteiger charge is -2.34. The maximum Gasteiger partial charge on any atom is 0.143 e. The van der Waals surface area contributed by atoms with E-state index >= 15 is 0 Å². The molecule has 0 unspecified atom stereocenters. The molecule has 1 aromatic rings. The zero-order valence-electron chi connectivity index (χ0n) is 11.7. The van der Waals surface area contributed by atoms with Gasteiger partial charge in [-0.25, -0.2) is 0 Å². The summed E-state index contributed by atoms with van der Waals surface area (Å²) in [5.74, 6) is 0.684. The van der Waals surface area contributed by atoms with Gasteiger partial charge in [-0.05, 0) is 19.4 Å². The molecule has 0 amide bonds. The first-order chi connectivity index (χ1) is 9.11. The molecule has 19 heavy (non-hydrogen) atoms. The number of rotatable bonds is 2. The molecule has 1 aromatic carbocycles. The van der Waals surface area contributed by atoms with Crippen LogP contribution in [-0.4, -0.2) is 51.5 Å². The molecule has 0 aromatic heterocycles. The standard InChI is InChI=1S/C12H18ClN3O.CH4S/c1-15-3-5-16(6-4-15)11-8-12(17-2)10(14)7-9(11)13;1-2/h7-8H,3-6,14H2,1-2H3;2H,1H3. The molecule has 1 aliphatic rings. The van der Waals surface area contributed by atoms with Crippen molar-refractivity contribution in [2.45, 2.75) is 0 Å². The smallest absolute Gasteiger partial charge is 0.143 e. The van der Waals surface area contributed by atoms with E-state index in [1.807, 2.05) is 6.07 Å². The lowest BCUT2D eigenvalue weighted by Crippen LogP contribution is -2.44. The first kappa shape index (κ1) is 16.3. The van der Waals surface area contributed by atoms with Gasteiger partial charge in [0.15, 0.2) is 0 Å². The molecule has 1 saturated heterocycles. The second-order valence-corrected chi connectivity index (χ2v) is 4.74. The van der Waals surface area contributed by atoms with E-state index in [9.17, 15) is 0 Å². The maximum absolute atomic E-state index is 6.24. The number of piperazine rings is 1. The number of benzene rings is 1. The molecule has 0 aliphatic carbocycles. The van der Waals surface area contributed by atoms with Crippen molar-refractivity contribution in [3.8, 4) is 5.75 Å². The highest BCUT2D eigenvalue weighted by Crippen LogP contribution is 2.35. The van der Waals surface area contributed by atoms with E-state index in [1.165, 1.54) is 0 Å². The van der Waals surface area contributed by atoms with Gasteiger partial charge in [0.05, 0.1) is 23.5 Å². The Hall–Kier alpha value is -0.780. The summed E-state index contributed by atoms with van der Waals surface area (Å²) >= 11 is 9.77. The number of thiol groups is 1. The molecule has 1 aliphatic heterocycles. The van der Waals surface area contributed by atoms with Crippen molar-refractivity contribution < 1.29 is 4.74 Å². The number of methoxy groups -OCH3 is 1. The summed E-state index contributed by atoms with van der Waals surface area (Å²) in [4.78, 5) is 4.57. The topological polar surface area (TPSA) is 41.7 Å². The van der Waals surface area contributed by atoms with Crippen LogP contribution < -0.4 is 15.4 Å². The van der Waals surface area contributed by atoms with Crippen LogP contribution in [0.5, 0.6) is 5.75 Å². The van der Waals surface area contributed by atoms with Gasteiger partial charge in [-0.15, -0.1) is 0 Å². The fourth-order valence-electron chi connectivity index (χ4n) is 2.02. The molecule has 2 N–H and O–H groups in total. The van der Waals surface area contributed by atoms with Crippen molar-refractivity contribution in [2.24, 2.45) is 0 Å². The third-order valence-electron chi connectivity index (χ3n) is 3.14. The molecule has 0 bridgehead atoms. The van der Waals surface area contributed by atoms with E-state index in [0.29, 0.717) is 16.5 Å². The Labute approximate surface area is 125 Å². The molecule has 0 saturated carbocycles. The van der Waals surface area contributed by atoms with Crippen molar-refractivity contribution in [3.05, 3.63) is 17.2 Å². The zero-order chi connectivity index (χ0) is 14.4. The lowest BCUT2D eigenvalue weighted by atomic mass is 10.2. The molecule has 0 radical (unpaired) electrons. The van der Waals surface area contributed by atoms with Crippen molar-refractivity contribution in [3.63, 3.8) is 0 Å². The Morgan fingerprint density at radius 1 is 1.21 bits per heavy atom. The second kappa shape index (κ2) is 7.72. The Balaban J connectivity index is 0.000000861. The largest absolute Gasteiger partial charge is 0.495 e. The number of likely N-dealkylation sites (N-methyl/N-ethyl adjacent to an activating group) is 1. The molecule has 0 atom stereocenters. The predicted molar refractivity (Wildman–Crippen MR) is 87.0 cm³/mol. The highest BCUT2D eigenvalue weighted by Gasteiger charge is 2.18. The van der Waals surface area contributed by atoms with E-state index in [4.69, 9.17) is 22.1 Å². The first-order valence-electron chi connectivity index (χ1n) is 6.13. The van der Waals surface area contributed by atoms with E-state index in [1.54, 1.807) is 19.4 Å². The second-order valence-electron chi connectivity index (χ2n) is 4.34. The van der Waals surface area contributed by atoms with Gasteiger partial charge in [0.2, 0.25) is 0 Å². The van der Waals surface area contributed by atoms with E-state index in [2.05, 4.69) is 29.5 Å². The minimum Gasteiger partial charge on any atom is -0.495 e. The summed E-state index contributed by atoms with van der Waals surface area (Å²) in [7, 11) is 3.75. The van der Waals surface area contributed by atoms with Crippen LogP contribution in [0.15, 0.2) is 12.1 Å². The Morgan fingerprint density at radius 2 is 1.79 bits per heavy atom. The Kier molecular flexibility index (Phi) is 6.62. The summed E-state index contributed by atoms with van der Waals surface area (Å²) in [6, 6.07) is 3.68. The maximum atomic E-state index is 6.24. The van der Waals surface area contributed by atoms with Gasteiger partial charge in [0, 0.05) is 32.2 Å². The lowest BCUT2D eigenvalue weighted by molar-refractivity contribution is 0.312. The highest BCUT2D eigenvalue weighted by molar-refractivity contribution is 7.79. The van der Waals surface area contributed by atoms with Crippen LogP contribution in [0.25, 0.3) is 0 Å². The summed E-state index contributed by atoms with van der Waals surface area (Å²) < 4.78 is 5.23. The quantitative estimate of drug-likeness (QED) is 0.649. The third-order valence-corrected chi connectivity index (χ3v) is 3.45. The van der Waals surface area contributed by atoms with Gasteiger partial charge >= 0.3 is 0 Å². The van der Waals surface area contributed by atoms with Gasteiger partial charge in [-0.1, -0.05) is 11.6 Å². The van der Waals surface area contributed by atoms with Crippen molar-refractivity contribution in [1.29, 1.82) is 0 Å². The minimum atomic E-state index is 0.579. The number of anilines is 2. The van der Waals surface area contributed by atoms with Crippen LogP contribution in [0.2, 0.25) is 5.02 Å². The SMILES string of the molecule is COc1cc(N2CCN(C)CC2)c(Cl)cc1N.CS. The summed E-state index contributed by atoms with van der Waals surface area (Å²) in [5.41, 5.74) is 7.40. The average molecular weight is 304 g/mol. The number of hydrogen-bond donors (Lipinski definition) is 2. The average Bonchev–Trinajstić information content (AvgIpc) is 2.43. The van der Waals surface area contributed by atoms with E-state index < -0.39 is 0 Å². The van der Waals surface area contributed by atoms with Crippen molar-refractivity contribution >= 4 is 35.6 Å². The fourth-order valence-corrected chi connectivity index (χ4v) is 2.32. The van der Waals surface area contributed by atoms with Crippen LogP contribution in [0.1, 0.15) is 0 Å². The zero-order valence-corrected chi connectivity index (χ0v) is 13.3. The Bertz CT molecular complexity index is 409. The van der Waals surface area contributed by atoms with E-state index in [0.717, 1.165) is 31.9 Å². The van der Waals surface area contributed by atoms with Crippen LogP contribution in [0, 0.1) is 0 Å². The third kappa shape index (κ3) is 4.09. The summed E-state index contributed by atoms with van der Waals surface area (Å²) in [6.07, 6.45) is 1.69.